The molecule has 20 heavy (non-hydrogen) atoms. The van der Waals surface area contributed by atoms with Crippen molar-refractivity contribution in [2.75, 3.05) is 20.3 Å². The second-order valence-electron chi connectivity index (χ2n) is 5.47. The molecule has 0 aliphatic heterocycles. The van der Waals surface area contributed by atoms with Crippen molar-refractivity contribution in [3.05, 3.63) is 15.8 Å². The van der Waals surface area contributed by atoms with Crippen molar-refractivity contribution >= 4 is 17.2 Å². The number of amides is 1. The fourth-order valence-corrected chi connectivity index (χ4v) is 3.17. The summed E-state index contributed by atoms with van der Waals surface area (Å²) in [5.41, 5.74) is 0. The lowest BCUT2D eigenvalue weighted by molar-refractivity contribution is 0.0942. The number of aryl methyl sites for hydroxylation is 1. The van der Waals surface area contributed by atoms with Crippen LogP contribution >= 0.6 is 11.3 Å². The van der Waals surface area contributed by atoms with Crippen LogP contribution in [0.2, 0.25) is 0 Å². The maximum Gasteiger partial charge on any atom is 0.265 e. The zero-order valence-electron chi connectivity index (χ0n) is 12.7. The maximum atomic E-state index is 12.2. The van der Waals surface area contributed by atoms with Crippen LogP contribution in [0.25, 0.3) is 0 Å². The number of carbonyl (C=O) groups is 1. The van der Waals surface area contributed by atoms with Crippen molar-refractivity contribution in [3.8, 4) is 5.75 Å². The van der Waals surface area contributed by atoms with Crippen LogP contribution in [0.15, 0.2) is 6.07 Å². The number of rotatable bonds is 8. The number of nitrogens with one attached hydrogen (secondary N) is 1. The van der Waals surface area contributed by atoms with Gasteiger partial charge in [-0.3, -0.25) is 4.79 Å². The van der Waals surface area contributed by atoms with Crippen LogP contribution in [0.4, 0.5) is 0 Å². The molecule has 1 atom stereocenters. The third-order valence-corrected chi connectivity index (χ3v) is 4.17. The molecule has 0 bridgehead atoms. The summed E-state index contributed by atoms with van der Waals surface area (Å²) >= 11 is 1.44. The monoisotopic (exact) mass is 299 g/mol. The molecule has 0 saturated carbocycles. The lowest BCUT2D eigenvalue weighted by Crippen LogP contribution is -2.30. The Bertz CT molecular complexity index is 429. The molecule has 0 aliphatic rings. The topological polar surface area (TPSA) is 58.6 Å². The average molecular weight is 299 g/mol. The molecule has 1 aromatic rings. The minimum absolute atomic E-state index is 0.0911. The SMILES string of the molecule is COc1cc(C)sc1C(=O)NCC(CCO)CC(C)C. The van der Waals surface area contributed by atoms with Crippen LogP contribution in [-0.4, -0.2) is 31.3 Å². The molecule has 1 amide bonds. The molecule has 114 valence electrons. The predicted molar refractivity (Wildman–Crippen MR) is 82.6 cm³/mol. The number of aliphatic hydroxyl groups excluding tert-OH is 1. The molecule has 1 rings (SSSR count). The largest absolute Gasteiger partial charge is 0.495 e. The van der Waals surface area contributed by atoms with Crippen LogP contribution in [0.1, 0.15) is 41.2 Å². The molecule has 0 spiro atoms. The zero-order valence-corrected chi connectivity index (χ0v) is 13.5. The predicted octanol–water partition coefficient (Wildman–Crippen LogP) is 2.84. The summed E-state index contributed by atoms with van der Waals surface area (Å²) in [7, 11) is 1.58. The second kappa shape index (κ2) is 8.27. The van der Waals surface area contributed by atoms with Gasteiger partial charge in [0.2, 0.25) is 0 Å². The lowest BCUT2D eigenvalue weighted by Gasteiger charge is -2.18. The molecule has 0 aromatic carbocycles. The van der Waals surface area contributed by atoms with Crippen LogP contribution in [-0.2, 0) is 0 Å². The van der Waals surface area contributed by atoms with Gasteiger partial charge in [0.25, 0.3) is 5.91 Å². The Morgan fingerprint density at radius 1 is 1.50 bits per heavy atom. The normalized spacial score (nSPS) is 12.5. The van der Waals surface area contributed by atoms with E-state index < -0.39 is 0 Å². The van der Waals surface area contributed by atoms with Crippen LogP contribution in [0.3, 0.4) is 0 Å². The van der Waals surface area contributed by atoms with E-state index in [0.29, 0.717) is 29.0 Å². The third kappa shape index (κ3) is 5.13. The van der Waals surface area contributed by atoms with Crippen molar-refractivity contribution in [2.45, 2.75) is 33.6 Å². The Labute approximate surface area is 125 Å². The van der Waals surface area contributed by atoms with Gasteiger partial charge in [0.1, 0.15) is 10.6 Å². The first-order valence-electron chi connectivity index (χ1n) is 7.01. The lowest BCUT2D eigenvalue weighted by atomic mass is 9.94. The second-order valence-corrected chi connectivity index (χ2v) is 6.73. The van der Waals surface area contributed by atoms with Crippen LogP contribution in [0, 0.1) is 18.8 Å². The van der Waals surface area contributed by atoms with E-state index in [9.17, 15) is 4.79 Å². The van der Waals surface area contributed by atoms with Gasteiger partial charge >= 0.3 is 0 Å². The van der Waals surface area contributed by atoms with E-state index in [0.717, 1.165) is 17.7 Å². The van der Waals surface area contributed by atoms with Crippen molar-refractivity contribution in [1.82, 2.24) is 5.32 Å². The minimum atomic E-state index is -0.0911. The quantitative estimate of drug-likeness (QED) is 0.776. The molecule has 0 aliphatic carbocycles. The Morgan fingerprint density at radius 2 is 2.20 bits per heavy atom. The standard InChI is InChI=1S/C15H25NO3S/c1-10(2)7-12(5-6-17)9-16-15(18)14-13(19-4)8-11(3)20-14/h8,10,12,17H,5-7,9H2,1-4H3,(H,16,18). The van der Waals surface area contributed by atoms with E-state index in [1.807, 2.05) is 13.0 Å². The molecule has 0 fully saturated rings. The summed E-state index contributed by atoms with van der Waals surface area (Å²) < 4.78 is 5.22. The molecule has 0 saturated heterocycles. The summed E-state index contributed by atoms with van der Waals surface area (Å²) in [5.74, 6) is 1.41. The minimum Gasteiger partial charge on any atom is -0.495 e. The first kappa shape index (κ1) is 17.0. The molecule has 1 aromatic heterocycles. The van der Waals surface area contributed by atoms with Crippen molar-refractivity contribution < 1.29 is 14.6 Å². The highest BCUT2D eigenvalue weighted by Gasteiger charge is 2.17. The van der Waals surface area contributed by atoms with Gasteiger partial charge in [-0.05, 0) is 37.7 Å². The van der Waals surface area contributed by atoms with Crippen molar-refractivity contribution in [2.24, 2.45) is 11.8 Å². The van der Waals surface area contributed by atoms with Crippen LogP contribution in [0.5, 0.6) is 5.75 Å². The Morgan fingerprint density at radius 3 is 2.75 bits per heavy atom. The molecule has 0 radical (unpaired) electrons. The van der Waals surface area contributed by atoms with Gasteiger partial charge in [-0.15, -0.1) is 11.3 Å². The summed E-state index contributed by atoms with van der Waals surface area (Å²) in [4.78, 5) is 13.9. The van der Waals surface area contributed by atoms with E-state index in [1.54, 1.807) is 7.11 Å². The summed E-state index contributed by atoms with van der Waals surface area (Å²) in [6.07, 6.45) is 1.72. The first-order valence-corrected chi connectivity index (χ1v) is 7.83. The number of hydrogen-bond acceptors (Lipinski definition) is 4. The molecule has 1 unspecified atom stereocenters. The Kier molecular flexibility index (Phi) is 7.02. The van der Waals surface area contributed by atoms with Gasteiger partial charge in [-0.2, -0.15) is 0 Å². The number of carbonyl (C=O) groups excluding carboxylic acids is 1. The van der Waals surface area contributed by atoms with Crippen LogP contribution < -0.4 is 10.1 Å². The Hall–Kier alpha value is -1.07. The summed E-state index contributed by atoms with van der Waals surface area (Å²) in [6.45, 7) is 7.01. The van der Waals surface area contributed by atoms with E-state index in [4.69, 9.17) is 9.84 Å². The summed E-state index contributed by atoms with van der Waals surface area (Å²) in [5, 5.41) is 12.0. The number of aliphatic hydroxyl groups is 1. The van der Waals surface area contributed by atoms with Gasteiger partial charge in [-0.1, -0.05) is 13.8 Å². The van der Waals surface area contributed by atoms with Crippen molar-refractivity contribution in [3.63, 3.8) is 0 Å². The fraction of sp³-hybridized carbons (Fsp3) is 0.667. The zero-order chi connectivity index (χ0) is 15.1. The smallest absolute Gasteiger partial charge is 0.265 e. The number of hydrogen-bond donors (Lipinski definition) is 2. The maximum absolute atomic E-state index is 12.2. The van der Waals surface area contributed by atoms with Gasteiger partial charge < -0.3 is 15.2 Å². The number of ether oxygens (including phenoxy) is 1. The summed E-state index contributed by atoms with van der Waals surface area (Å²) in [6, 6.07) is 1.87. The highest BCUT2D eigenvalue weighted by atomic mass is 32.1. The first-order chi connectivity index (χ1) is 9.47. The number of methoxy groups -OCH3 is 1. The molecule has 2 N–H and O–H groups in total. The van der Waals surface area contributed by atoms with Crippen molar-refractivity contribution in [1.29, 1.82) is 0 Å². The van der Waals surface area contributed by atoms with E-state index in [1.165, 1.54) is 11.3 Å². The van der Waals surface area contributed by atoms with Gasteiger partial charge in [0, 0.05) is 18.0 Å². The van der Waals surface area contributed by atoms with E-state index in [-0.39, 0.29) is 12.5 Å². The van der Waals surface area contributed by atoms with E-state index >= 15 is 0 Å². The third-order valence-electron chi connectivity index (χ3n) is 3.14. The molecule has 5 heteroatoms. The highest BCUT2D eigenvalue weighted by molar-refractivity contribution is 7.14. The van der Waals surface area contributed by atoms with Gasteiger partial charge in [-0.25, -0.2) is 0 Å². The molecular formula is C15H25NO3S. The fourth-order valence-electron chi connectivity index (χ4n) is 2.27. The Balaban J connectivity index is 2.60. The number of thiophene rings is 1. The van der Waals surface area contributed by atoms with Gasteiger partial charge in [0.15, 0.2) is 0 Å². The van der Waals surface area contributed by atoms with E-state index in [2.05, 4.69) is 19.2 Å². The molecular weight excluding hydrogens is 274 g/mol. The van der Waals surface area contributed by atoms with Gasteiger partial charge in [0.05, 0.1) is 7.11 Å². The molecule has 4 nitrogen and oxygen atoms in total. The molecule has 1 heterocycles. The highest BCUT2D eigenvalue weighted by Crippen LogP contribution is 2.28. The average Bonchev–Trinajstić information content (AvgIpc) is 2.76.